The van der Waals surface area contributed by atoms with Crippen molar-refractivity contribution in [3.8, 4) is 0 Å². The molecular weight excluding hydrogens is 554 g/mol. The van der Waals surface area contributed by atoms with Gasteiger partial charge in [-0.1, -0.05) is 13.3 Å². The standard InChI is InChI=1S/C30H28ClN9O2/c1-2-4-19-10-12-34-25(17-19)37-28(41)21-8-6-20(7-9-21)27-38-26(24-18-33-14-16-40(24,27)32)23-5-3-15-39(23)29(42)22-11-13-35-30(31)36-22/h6-14,16-18,23H,2-5,15,32H2,1H3/p+1. The molecule has 212 valence electrons. The fourth-order valence-electron chi connectivity index (χ4n) is 5.49. The Hall–Kier alpha value is -4.58. The van der Waals surface area contributed by atoms with Gasteiger partial charge in [0.25, 0.3) is 17.6 Å². The SMILES string of the molecule is CCCc1ccnc(NC(=O)c2ccc(C3=NC(C4CCCN4C(=O)c4ccnc(Cl)n4)=C4C=NC=C[N+]34N)cc2)c1. The van der Waals surface area contributed by atoms with Gasteiger partial charge in [-0.05, 0) is 78.9 Å². The first-order chi connectivity index (χ1) is 20.4. The lowest BCUT2D eigenvalue weighted by atomic mass is 10.1. The highest BCUT2D eigenvalue weighted by molar-refractivity contribution is 6.28. The molecule has 0 radical (unpaired) electrons. The number of hydrogen-bond donors (Lipinski definition) is 2. The van der Waals surface area contributed by atoms with Crippen molar-refractivity contribution in [1.82, 2.24) is 19.9 Å². The lowest BCUT2D eigenvalue weighted by molar-refractivity contribution is -0.750. The summed E-state index contributed by atoms with van der Waals surface area (Å²) in [5, 5.41) is 2.89. The Balaban J connectivity index is 1.27. The van der Waals surface area contributed by atoms with Gasteiger partial charge in [-0.15, -0.1) is 4.59 Å². The van der Waals surface area contributed by atoms with Crippen molar-refractivity contribution in [2.24, 2.45) is 15.8 Å². The summed E-state index contributed by atoms with van der Waals surface area (Å²) in [7, 11) is 0. The molecule has 3 aliphatic heterocycles. The molecule has 6 rings (SSSR count). The van der Waals surface area contributed by atoms with Crippen LogP contribution in [0.1, 0.15) is 58.2 Å². The average molecular weight is 583 g/mol. The number of aromatic nitrogens is 3. The lowest BCUT2D eigenvalue weighted by Gasteiger charge is -2.27. The van der Waals surface area contributed by atoms with E-state index in [0.717, 1.165) is 30.4 Å². The number of carbonyl (C=O) groups excluding carboxylic acids is 2. The number of anilines is 1. The molecule has 42 heavy (non-hydrogen) atoms. The van der Waals surface area contributed by atoms with Crippen LogP contribution >= 0.6 is 11.6 Å². The quantitative estimate of drug-likeness (QED) is 0.242. The second kappa shape index (κ2) is 11.4. The molecule has 1 saturated heterocycles. The summed E-state index contributed by atoms with van der Waals surface area (Å²) in [6.45, 7) is 2.65. The summed E-state index contributed by atoms with van der Waals surface area (Å²) >= 11 is 5.95. The molecule has 0 spiro atoms. The summed E-state index contributed by atoms with van der Waals surface area (Å²) in [6, 6.07) is 12.2. The van der Waals surface area contributed by atoms with Gasteiger partial charge in [-0.3, -0.25) is 14.6 Å². The monoisotopic (exact) mass is 582 g/mol. The molecule has 2 amide bonds. The first-order valence-corrected chi connectivity index (χ1v) is 14.1. The number of halogens is 1. The molecule has 0 aliphatic carbocycles. The minimum absolute atomic E-state index is 0.0143. The molecule has 1 fully saturated rings. The Bertz CT molecular complexity index is 1680. The summed E-state index contributed by atoms with van der Waals surface area (Å²) in [5.74, 6) is 7.50. The van der Waals surface area contributed by atoms with Crippen LogP contribution in [0.3, 0.4) is 0 Å². The van der Waals surface area contributed by atoms with Crippen molar-refractivity contribution in [3.63, 3.8) is 0 Å². The predicted molar refractivity (Wildman–Crippen MR) is 159 cm³/mol. The predicted octanol–water partition coefficient (Wildman–Crippen LogP) is 4.25. The highest BCUT2D eigenvalue weighted by Crippen LogP contribution is 2.37. The maximum atomic E-state index is 13.4. The van der Waals surface area contributed by atoms with Gasteiger partial charge in [0.1, 0.15) is 23.4 Å². The number of amides is 2. The minimum Gasteiger partial charge on any atom is -0.328 e. The Morgan fingerprint density at radius 1 is 1.14 bits per heavy atom. The fraction of sp³-hybridized carbons (Fsp3) is 0.233. The highest BCUT2D eigenvalue weighted by atomic mass is 35.5. The Morgan fingerprint density at radius 2 is 1.95 bits per heavy atom. The maximum absolute atomic E-state index is 13.4. The van der Waals surface area contributed by atoms with Gasteiger partial charge in [-0.2, -0.15) is 10.8 Å². The third kappa shape index (κ3) is 5.13. The van der Waals surface area contributed by atoms with Crippen molar-refractivity contribution in [2.45, 2.75) is 38.6 Å². The van der Waals surface area contributed by atoms with Crippen molar-refractivity contribution < 1.29 is 14.2 Å². The zero-order valence-corrected chi connectivity index (χ0v) is 23.7. The number of nitrogens with one attached hydrogen (secondary N) is 1. The van der Waals surface area contributed by atoms with E-state index >= 15 is 0 Å². The van der Waals surface area contributed by atoms with E-state index < -0.39 is 0 Å². The Morgan fingerprint density at radius 3 is 2.74 bits per heavy atom. The number of fused-ring (bicyclic) bond motifs is 1. The van der Waals surface area contributed by atoms with Crippen LogP contribution in [0.25, 0.3) is 0 Å². The largest absolute Gasteiger partial charge is 0.328 e. The van der Waals surface area contributed by atoms with Crippen LogP contribution in [0.4, 0.5) is 5.82 Å². The number of amidine groups is 1. The molecule has 5 heterocycles. The first-order valence-electron chi connectivity index (χ1n) is 13.8. The summed E-state index contributed by atoms with van der Waals surface area (Å²) in [6.07, 6.45) is 11.7. The number of benzene rings is 1. The van der Waals surface area contributed by atoms with Crippen molar-refractivity contribution >= 4 is 41.3 Å². The molecule has 12 heteroatoms. The molecule has 11 nitrogen and oxygen atoms in total. The van der Waals surface area contributed by atoms with E-state index in [1.807, 2.05) is 24.3 Å². The number of quaternary nitrogens is 1. The van der Waals surface area contributed by atoms with Crippen LogP contribution in [-0.2, 0) is 6.42 Å². The molecule has 3 aliphatic rings. The lowest BCUT2D eigenvalue weighted by Crippen LogP contribution is -2.53. The van der Waals surface area contributed by atoms with E-state index in [2.05, 4.69) is 32.2 Å². The van der Waals surface area contributed by atoms with Crippen LogP contribution in [0.15, 0.2) is 88.6 Å². The van der Waals surface area contributed by atoms with Gasteiger partial charge in [-0.25, -0.2) is 15.0 Å². The van der Waals surface area contributed by atoms with Crippen LogP contribution < -0.4 is 11.2 Å². The zero-order chi connectivity index (χ0) is 29.3. The number of rotatable bonds is 7. The van der Waals surface area contributed by atoms with Gasteiger partial charge in [0, 0.05) is 24.5 Å². The van der Waals surface area contributed by atoms with Crippen molar-refractivity contribution in [1.29, 1.82) is 0 Å². The minimum atomic E-state index is -0.321. The molecule has 2 atom stereocenters. The molecule has 2 aromatic heterocycles. The van der Waals surface area contributed by atoms with Crippen LogP contribution in [-0.4, -0.2) is 60.9 Å². The van der Waals surface area contributed by atoms with Gasteiger partial charge < -0.3 is 10.2 Å². The smallest absolute Gasteiger partial charge is 0.273 e. The molecule has 0 saturated carbocycles. The zero-order valence-electron chi connectivity index (χ0n) is 22.9. The van der Waals surface area contributed by atoms with Crippen LogP contribution in [0.2, 0.25) is 5.28 Å². The highest BCUT2D eigenvalue weighted by Gasteiger charge is 2.48. The number of allylic oxidation sites excluding steroid dienone is 1. The number of nitrogens with two attached hydrogens (primary N) is 1. The van der Waals surface area contributed by atoms with E-state index in [-0.39, 0.29) is 33.4 Å². The number of aliphatic imine (C=N–C) groups is 2. The third-order valence-corrected chi connectivity index (χ3v) is 7.69. The number of pyridine rings is 1. The van der Waals surface area contributed by atoms with Crippen LogP contribution in [0, 0.1) is 0 Å². The molecule has 1 aromatic carbocycles. The number of carbonyl (C=O) groups is 2. The summed E-state index contributed by atoms with van der Waals surface area (Å²) < 4.78 is -0.198. The Labute approximate surface area is 247 Å². The van der Waals surface area contributed by atoms with Crippen molar-refractivity contribution in [3.05, 3.63) is 106 Å². The number of hydrogen-bond acceptors (Lipinski definition) is 8. The molecular formula is C30H29ClN9O2+. The number of nitrogens with zero attached hydrogens (tertiary/aromatic N) is 7. The van der Waals surface area contributed by atoms with E-state index in [1.54, 1.807) is 47.9 Å². The number of aryl methyl sites for hydroxylation is 1. The average Bonchev–Trinajstić information content (AvgIpc) is 3.59. The molecule has 0 bridgehead atoms. The van der Waals surface area contributed by atoms with Gasteiger partial charge in [0.05, 0.1) is 24.0 Å². The normalized spacial score (nSPS) is 21.0. The second-order valence-corrected chi connectivity index (χ2v) is 10.6. The van der Waals surface area contributed by atoms with Gasteiger partial charge >= 0.3 is 0 Å². The fourth-order valence-corrected chi connectivity index (χ4v) is 5.64. The van der Waals surface area contributed by atoms with Crippen molar-refractivity contribution in [2.75, 3.05) is 11.9 Å². The number of likely N-dealkylation sites (tertiary alicyclic amines) is 1. The maximum Gasteiger partial charge on any atom is 0.273 e. The Kier molecular flexibility index (Phi) is 7.46. The summed E-state index contributed by atoms with van der Waals surface area (Å²) in [4.78, 5) is 49.7. The molecule has 3 N–H and O–H groups in total. The van der Waals surface area contributed by atoms with Crippen LogP contribution in [0.5, 0.6) is 0 Å². The topological polar surface area (TPSA) is 139 Å². The van der Waals surface area contributed by atoms with Gasteiger partial charge in [0.15, 0.2) is 0 Å². The summed E-state index contributed by atoms with van der Waals surface area (Å²) in [5.41, 5.74) is 3.91. The first kappa shape index (κ1) is 27.6. The molecule has 3 aromatic rings. The van der Waals surface area contributed by atoms with Gasteiger partial charge in [0.2, 0.25) is 11.0 Å². The molecule has 2 unspecified atom stereocenters. The second-order valence-electron chi connectivity index (χ2n) is 10.3. The third-order valence-electron chi connectivity index (χ3n) is 7.51. The van der Waals surface area contributed by atoms with E-state index in [4.69, 9.17) is 22.4 Å². The van der Waals surface area contributed by atoms with E-state index in [9.17, 15) is 9.59 Å². The van der Waals surface area contributed by atoms with E-state index in [1.165, 1.54) is 6.20 Å². The van der Waals surface area contributed by atoms with E-state index in [0.29, 0.717) is 41.6 Å².